The van der Waals surface area contributed by atoms with E-state index >= 15 is 0 Å². The molecule has 6 nitrogen and oxygen atoms in total. The molecule has 0 bridgehead atoms. The van der Waals surface area contributed by atoms with Gasteiger partial charge in [0.2, 0.25) is 5.91 Å². The van der Waals surface area contributed by atoms with Crippen molar-refractivity contribution in [1.82, 2.24) is 15.5 Å². The fraction of sp³-hybridized carbons (Fsp3) is 0.400. The molecule has 148 valence electrons. The molecule has 2 rings (SSSR count). The van der Waals surface area contributed by atoms with E-state index < -0.39 is 0 Å². The molecule has 0 saturated heterocycles. The van der Waals surface area contributed by atoms with Crippen molar-refractivity contribution < 1.29 is 9.53 Å². The molecule has 0 aliphatic heterocycles. The Morgan fingerprint density at radius 1 is 1.07 bits per heavy atom. The fourth-order valence-corrected chi connectivity index (χ4v) is 2.46. The smallest absolute Gasteiger partial charge is 0.223 e. The van der Waals surface area contributed by atoms with Gasteiger partial charge in [0.15, 0.2) is 5.96 Å². The van der Waals surface area contributed by atoms with Gasteiger partial charge in [-0.2, -0.15) is 0 Å². The highest BCUT2D eigenvalue weighted by molar-refractivity contribution is 14.0. The number of halogens is 1. The number of nitrogens with one attached hydrogen (secondary N) is 2. The van der Waals surface area contributed by atoms with Crippen LogP contribution in [0.3, 0.4) is 0 Å². The van der Waals surface area contributed by atoms with Gasteiger partial charge in [-0.05, 0) is 29.3 Å². The van der Waals surface area contributed by atoms with Gasteiger partial charge in [0.05, 0.1) is 6.61 Å². The van der Waals surface area contributed by atoms with E-state index in [1.54, 1.807) is 26.0 Å². The summed E-state index contributed by atoms with van der Waals surface area (Å²) in [5, 5.41) is 8.75. The first-order valence-corrected chi connectivity index (χ1v) is 8.86. The van der Waals surface area contributed by atoms with E-state index in [4.69, 9.17) is 4.74 Å². The topological polar surface area (TPSA) is 66.0 Å². The lowest BCUT2D eigenvalue weighted by Crippen LogP contribution is -2.39. The predicted octanol–water partition coefficient (Wildman–Crippen LogP) is 2.87. The van der Waals surface area contributed by atoms with Crippen LogP contribution in [0.2, 0.25) is 0 Å². The third-order valence-corrected chi connectivity index (χ3v) is 3.96. The minimum absolute atomic E-state index is 0. The third-order valence-electron chi connectivity index (χ3n) is 3.96. The van der Waals surface area contributed by atoms with Crippen LogP contribution in [0.15, 0.2) is 47.5 Å². The molecule has 0 fully saturated rings. The number of carbonyl (C=O) groups is 1. The molecule has 2 aromatic carbocycles. The first-order valence-electron chi connectivity index (χ1n) is 8.86. The Morgan fingerprint density at radius 2 is 1.78 bits per heavy atom. The minimum atomic E-state index is 0. The number of ether oxygens (including phenoxy) is 1. The molecule has 27 heavy (non-hydrogen) atoms. The van der Waals surface area contributed by atoms with Gasteiger partial charge in [0, 0.05) is 40.7 Å². The maximum Gasteiger partial charge on any atom is 0.223 e. The number of hydrogen-bond acceptors (Lipinski definition) is 3. The second kappa shape index (κ2) is 12.4. The van der Waals surface area contributed by atoms with E-state index in [2.05, 4.69) is 39.9 Å². The lowest BCUT2D eigenvalue weighted by Gasteiger charge is -2.14. The van der Waals surface area contributed by atoms with Gasteiger partial charge in [0.25, 0.3) is 0 Å². The third kappa shape index (κ3) is 8.03. The summed E-state index contributed by atoms with van der Waals surface area (Å²) in [7, 11) is 5.23. The predicted molar refractivity (Wildman–Crippen MR) is 122 cm³/mol. The van der Waals surface area contributed by atoms with Crippen LogP contribution < -0.4 is 15.4 Å². The van der Waals surface area contributed by atoms with Gasteiger partial charge in [-0.3, -0.25) is 9.79 Å². The molecular weight excluding hydrogens is 455 g/mol. The molecule has 0 aliphatic carbocycles. The molecule has 0 radical (unpaired) electrons. The summed E-state index contributed by atoms with van der Waals surface area (Å²) in [5.41, 5.74) is 0. The molecule has 0 heterocycles. The molecule has 0 spiro atoms. The average molecular weight is 484 g/mol. The monoisotopic (exact) mass is 484 g/mol. The van der Waals surface area contributed by atoms with Gasteiger partial charge >= 0.3 is 0 Å². The number of aliphatic imine (C=N–C) groups is 1. The molecule has 0 aromatic heterocycles. The highest BCUT2D eigenvalue weighted by Crippen LogP contribution is 2.20. The number of rotatable bonds is 8. The minimum Gasteiger partial charge on any atom is -0.494 e. The number of fused-ring (bicyclic) bond motifs is 1. The maximum absolute atomic E-state index is 11.5. The Morgan fingerprint density at radius 3 is 2.48 bits per heavy atom. The van der Waals surface area contributed by atoms with Crippen molar-refractivity contribution in [3.63, 3.8) is 0 Å². The Hall–Kier alpha value is -2.03. The van der Waals surface area contributed by atoms with E-state index in [0.29, 0.717) is 25.5 Å². The average Bonchev–Trinajstić information content (AvgIpc) is 2.65. The van der Waals surface area contributed by atoms with Crippen LogP contribution in [0.25, 0.3) is 10.8 Å². The second-order valence-electron chi connectivity index (χ2n) is 6.17. The van der Waals surface area contributed by atoms with Crippen molar-refractivity contribution in [2.24, 2.45) is 4.99 Å². The molecule has 2 N–H and O–H groups in total. The molecule has 2 aromatic rings. The van der Waals surface area contributed by atoms with Crippen LogP contribution >= 0.6 is 24.0 Å². The van der Waals surface area contributed by atoms with Crippen LogP contribution in [-0.4, -0.2) is 57.6 Å². The van der Waals surface area contributed by atoms with E-state index in [0.717, 1.165) is 18.7 Å². The first kappa shape index (κ1) is 23.0. The molecule has 7 heteroatoms. The number of carbonyl (C=O) groups excluding carboxylic acids is 1. The van der Waals surface area contributed by atoms with Crippen LogP contribution in [0.1, 0.15) is 12.8 Å². The number of hydrogen-bond donors (Lipinski definition) is 2. The second-order valence-corrected chi connectivity index (χ2v) is 6.17. The van der Waals surface area contributed by atoms with Gasteiger partial charge in [-0.25, -0.2) is 0 Å². The molecule has 1 amide bonds. The summed E-state index contributed by atoms with van der Waals surface area (Å²) in [6.07, 6.45) is 1.29. The SMILES string of the molecule is CN=C(NCCCOc1ccc2ccccc2c1)NCCC(=O)N(C)C.I. The van der Waals surface area contributed by atoms with Gasteiger partial charge in [-0.15, -0.1) is 24.0 Å². The molecule has 0 unspecified atom stereocenters. The van der Waals surface area contributed by atoms with Crippen LogP contribution in [0, 0.1) is 0 Å². The van der Waals surface area contributed by atoms with Gasteiger partial charge < -0.3 is 20.3 Å². The standard InChI is InChI=1S/C20H28N4O2.HI/c1-21-20(23-13-11-19(25)24(2)3)22-12-6-14-26-18-10-9-16-7-4-5-8-17(16)15-18;/h4-5,7-10,15H,6,11-14H2,1-3H3,(H2,21,22,23);1H. The first-order chi connectivity index (χ1) is 12.6. The number of benzene rings is 2. The van der Waals surface area contributed by atoms with Crippen LogP contribution in [0.5, 0.6) is 5.75 Å². The van der Waals surface area contributed by atoms with Crippen molar-refractivity contribution in [3.8, 4) is 5.75 Å². The summed E-state index contributed by atoms with van der Waals surface area (Å²) in [6, 6.07) is 14.4. The summed E-state index contributed by atoms with van der Waals surface area (Å²) in [4.78, 5) is 17.3. The fourth-order valence-electron chi connectivity index (χ4n) is 2.46. The Bertz CT molecular complexity index is 750. The summed E-state index contributed by atoms with van der Waals surface area (Å²) >= 11 is 0. The summed E-state index contributed by atoms with van der Waals surface area (Å²) in [5.74, 6) is 1.67. The Kier molecular flexibility index (Phi) is 10.5. The zero-order chi connectivity index (χ0) is 18.8. The molecule has 0 aliphatic rings. The number of guanidine groups is 1. The quantitative estimate of drug-likeness (QED) is 0.262. The van der Waals surface area contributed by atoms with Gasteiger partial charge in [0.1, 0.15) is 5.75 Å². The summed E-state index contributed by atoms with van der Waals surface area (Å²) in [6.45, 7) is 1.93. The zero-order valence-electron chi connectivity index (χ0n) is 16.2. The van der Waals surface area contributed by atoms with Crippen molar-refractivity contribution in [2.45, 2.75) is 12.8 Å². The zero-order valence-corrected chi connectivity index (χ0v) is 18.5. The maximum atomic E-state index is 11.5. The molecule has 0 atom stereocenters. The highest BCUT2D eigenvalue weighted by Gasteiger charge is 2.04. The van der Waals surface area contributed by atoms with E-state index in [1.165, 1.54) is 10.8 Å². The van der Waals surface area contributed by atoms with Crippen molar-refractivity contribution in [1.29, 1.82) is 0 Å². The van der Waals surface area contributed by atoms with Crippen molar-refractivity contribution in [2.75, 3.05) is 40.8 Å². The lowest BCUT2D eigenvalue weighted by atomic mass is 10.1. The summed E-state index contributed by atoms with van der Waals surface area (Å²) < 4.78 is 5.82. The van der Waals surface area contributed by atoms with Crippen LogP contribution in [0.4, 0.5) is 0 Å². The van der Waals surface area contributed by atoms with Crippen molar-refractivity contribution >= 4 is 46.6 Å². The van der Waals surface area contributed by atoms with E-state index in [1.807, 2.05) is 18.2 Å². The molecule has 0 saturated carbocycles. The van der Waals surface area contributed by atoms with Crippen LogP contribution in [-0.2, 0) is 4.79 Å². The molecular formula is C20H29IN4O2. The van der Waals surface area contributed by atoms with E-state index in [-0.39, 0.29) is 29.9 Å². The Balaban J connectivity index is 0.00000364. The largest absolute Gasteiger partial charge is 0.494 e. The normalized spacial score (nSPS) is 10.9. The highest BCUT2D eigenvalue weighted by atomic mass is 127. The number of nitrogens with zero attached hydrogens (tertiary/aromatic N) is 2. The van der Waals surface area contributed by atoms with E-state index in [9.17, 15) is 4.79 Å². The van der Waals surface area contributed by atoms with Gasteiger partial charge in [-0.1, -0.05) is 30.3 Å². The lowest BCUT2D eigenvalue weighted by molar-refractivity contribution is -0.128. The van der Waals surface area contributed by atoms with Crippen molar-refractivity contribution in [3.05, 3.63) is 42.5 Å². The number of amides is 1. The Labute approximate surface area is 178 Å².